The van der Waals surface area contributed by atoms with E-state index >= 15 is 0 Å². The van der Waals surface area contributed by atoms with Crippen molar-refractivity contribution in [3.05, 3.63) is 47.3 Å². The van der Waals surface area contributed by atoms with Gasteiger partial charge in [-0.3, -0.25) is 4.79 Å². The van der Waals surface area contributed by atoms with Gasteiger partial charge in [-0.2, -0.15) is 5.10 Å². The van der Waals surface area contributed by atoms with E-state index in [0.29, 0.717) is 5.92 Å². The van der Waals surface area contributed by atoms with Gasteiger partial charge in [0.2, 0.25) is 0 Å². The standard InChI is InChI=1S/C19H26N4O.ClH/c1-13-12-14(2)23(21-13)18-6-4-17(5-7-18)19(24)22-10-8-16(9-11-22)15(3)20;/h4-7,12,15-16H,8-11,20H2,1-3H3;1H. The number of nitrogens with two attached hydrogens (primary N) is 1. The Kier molecular flexibility index (Phi) is 6.25. The minimum Gasteiger partial charge on any atom is -0.339 e. The lowest BCUT2D eigenvalue weighted by Crippen LogP contribution is -2.42. The van der Waals surface area contributed by atoms with Gasteiger partial charge in [-0.25, -0.2) is 4.68 Å². The molecule has 6 heteroatoms. The lowest BCUT2D eigenvalue weighted by Gasteiger charge is -2.33. The molecular formula is C19H27ClN4O. The molecule has 1 aromatic carbocycles. The van der Waals surface area contributed by atoms with Crippen molar-refractivity contribution in [3.8, 4) is 5.69 Å². The molecular weight excluding hydrogens is 336 g/mol. The van der Waals surface area contributed by atoms with Crippen molar-refractivity contribution in [3.63, 3.8) is 0 Å². The zero-order chi connectivity index (χ0) is 17.3. The molecule has 0 aliphatic carbocycles. The minimum atomic E-state index is 0. The maximum Gasteiger partial charge on any atom is 0.253 e. The summed E-state index contributed by atoms with van der Waals surface area (Å²) >= 11 is 0. The molecule has 2 N–H and O–H groups in total. The highest BCUT2D eigenvalue weighted by molar-refractivity contribution is 5.94. The van der Waals surface area contributed by atoms with Gasteiger partial charge in [-0.1, -0.05) is 0 Å². The predicted molar refractivity (Wildman–Crippen MR) is 103 cm³/mol. The summed E-state index contributed by atoms with van der Waals surface area (Å²) in [7, 11) is 0. The zero-order valence-corrected chi connectivity index (χ0v) is 15.9. The van der Waals surface area contributed by atoms with Gasteiger partial charge >= 0.3 is 0 Å². The molecule has 2 heterocycles. The van der Waals surface area contributed by atoms with Gasteiger partial charge < -0.3 is 10.6 Å². The van der Waals surface area contributed by atoms with E-state index in [4.69, 9.17) is 5.73 Å². The number of piperidine rings is 1. The monoisotopic (exact) mass is 362 g/mol. The summed E-state index contributed by atoms with van der Waals surface area (Å²) < 4.78 is 1.90. The number of rotatable bonds is 3. The fraction of sp³-hybridized carbons (Fsp3) is 0.474. The van der Waals surface area contributed by atoms with Crippen LogP contribution in [-0.2, 0) is 0 Å². The van der Waals surface area contributed by atoms with Crippen LogP contribution >= 0.6 is 12.4 Å². The van der Waals surface area contributed by atoms with Crippen LogP contribution in [0.2, 0.25) is 0 Å². The van der Waals surface area contributed by atoms with Crippen LogP contribution in [-0.4, -0.2) is 39.7 Å². The maximum atomic E-state index is 12.7. The second kappa shape index (κ2) is 8.02. The van der Waals surface area contributed by atoms with Crippen molar-refractivity contribution < 1.29 is 4.79 Å². The molecule has 1 fully saturated rings. The normalized spacial score (nSPS) is 16.4. The summed E-state index contributed by atoms with van der Waals surface area (Å²) in [6.07, 6.45) is 1.99. The Morgan fingerprint density at radius 1 is 1.20 bits per heavy atom. The van der Waals surface area contributed by atoms with Crippen molar-refractivity contribution in [1.29, 1.82) is 0 Å². The van der Waals surface area contributed by atoms with Crippen molar-refractivity contribution in [2.24, 2.45) is 11.7 Å². The molecule has 1 amide bonds. The average Bonchev–Trinajstić information content (AvgIpc) is 2.93. The lowest BCUT2D eigenvalue weighted by molar-refractivity contribution is 0.0681. The van der Waals surface area contributed by atoms with Crippen molar-refractivity contribution in [2.75, 3.05) is 13.1 Å². The highest BCUT2D eigenvalue weighted by Gasteiger charge is 2.25. The number of carbonyl (C=O) groups is 1. The number of hydrogen-bond donors (Lipinski definition) is 1. The van der Waals surface area contributed by atoms with E-state index in [1.807, 2.05) is 53.8 Å². The van der Waals surface area contributed by atoms with E-state index in [1.54, 1.807) is 0 Å². The minimum absolute atomic E-state index is 0. The van der Waals surface area contributed by atoms with Gasteiger partial charge in [0.25, 0.3) is 5.91 Å². The Balaban J connectivity index is 0.00000225. The predicted octanol–water partition coefficient (Wildman–Crippen LogP) is 3.11. The van der Waals surface area contributed by atoms with Crippen molar-refractivity contribution in [2.45, 2.75) is 39.7 Å². The quantitative estimate of drug-likeness (QED) is 0.912. The lowest BCUT2D eigenvalue weighted by atomic mass is 9.90. The number of aromatic nitrogens is 2. The van der Waals surface area contributed by atoms with Crippen LogP contribution in [0.1, 0.15) is 41.5 Å². The zero-order valence-electron chi connectivity index (χ0n) is 15.1. The van der Waals surface area contributed by atoms with Gasteiger partial charge in [-0.05, 0) is 69.9 Å². The number of halogens is 1. The molecule has 0 radical (unpaired) electrons. The number of aryl methyl sites for hydroxylation is 2. The molecule has 1 aliphatic heterocycles. The number of hydrogen-bond acceptors (Lipinski definition) is 3. The fourth-order valence-electron chi connectivity index (χ4n) is 3.45. The van der Waals surface area contributed by atoms with Crippen LogP contribution in [0, 0.1) is 19.8 Å². The molecule has 0 spiro atoms. The van der Waals surface area contributed by atoms with Crippen LogP contribution in [0.4, 0.5) is 0 Å². The third kappa shape index (κ3) is 4.22. The Morgan fingerprint density at radius 3 is 2.28 bits per heavy atom. The molecule has 5 nitrogen and oxygen atoms in total. The molecule has 0 bridgehead atoms. The van der Waals surface area contributed by atoms with Gasteiger partial charge in [0.1, 0.15) is 0 Å². The van der Waals surface area contributed by atoms with Crippen LogP contribution in [0.3, 0.4) is 0 Å². The number of benzene rings is 1. The first-order chi connectivity index (χ1) is 11.5. The molecule has 3 rings (SSSR count). The van der Waals surface area contributed by atoms with Crippen LogP contribution in [0.25, 0.3) is 5.69 Å². The topological polar surface area (TPSA) is 64.2 Å². The van der Waals surface area contributed by atoms with E-state index in [2.05, 4.69) is 12.0 Å². The molecule has 1 aromatic heterocycles. The Bertz CT molecular complexity index is 716. The van der Waals surface area contributed by atoms with E-state index in [9.17, 15) is 4.79 Å². The Labute approximate surface area is 155 Å². The summed E-state index contributed by atoms with van der Waals surface area (Å²) in [5.41, 5.74) is 9.77. The smallest absolute Gasteiger partial charge is 0.253 e. The second-order valence-electron chi connectivity index (χ2n) is 6.87. The summed E-state index contributed by atoms with van der Waals surface area (Å²) in [6.45, 7) is 7.66. The second-order valence-corrected chi connectivity index (χ2v) is 6.87. The number of carbonyl (C=O) groups excluding carboxylic acids is 1. The van der Waals surface area contributed by atoms with Crippen LogP contribution in [0.5, 0.6) is 0 Å². The molecule has 136 valence electrons. The Morgan fingerprint density at radius 2 is 1.80 bits per heavy atom. The van der Waals surface area contributed by atoms with Crippen LogP contribution in [0.15, 0.2) is 30.3 Å². The maximum absolute atomic E-state index is 12.7. The third-order valence-electron chi connectivity index (χ3n) is 4.94. The molecule has 2 aromatic rings. The first kappa shape index (κ1) is 19.5. The molecule has 25 heavy (non-hydrogen) atoms. The number of amides is 1. The third-order valence-corrected chi connectivity index (χ3v) is 4.94. The summed E-state index contributed by atoms with van der Waals surface area (Å²) in [6, 6.07) is 9.96. The SMILES string of the molecule is Cc1cc(C)n(-c2ccc(C(=O)N3CCC(C(C)N)CC3)cc2)n1.Cl. The first-order valence-electron chi connectivity index (χ1n) is 8.64. The summed E-state index contributed by atoms with van der Waals surface area (Å²) in [4.78, 5) is 14.6. The largest absolute Gasteiger partial charge is 0.339 e. The van der Waals surface area contributed by atoms with Gasteiger partial charge in [-0.15, -0.1) is 12.4 Å². The van der Waals surface area contributed by atoms with Gasteiger partial charge in [0.05, 0.1) is 11.4 Å². The van der Waals surface area contributed by atoms with E-state index in [1.165, 1.54) is 0 Å². The fourth-order valence-corrected chi connectivity index (χ4v) is 3.45. The summed E-state index contributed by atoms with van der Waals surface area (Å²) in [5, 5.41) is 4.48. The molecule has 1 atom stereocenters. The van der Waals surface area contributed by atoms with Crippen molar-refractivity contribution in [1.82, 2.24) is 14.7 Å². The van der Waals surface area contributed by atoms with Crippen molar-refractivity contribution >= 4 is 18.3 Å². The highest BCUT2D eigenvalue weighted by Crippen LogP contribution is 2.21. The van der Waals surface area contributed by atoms with E-state index in [0.717, 1.165) is 48.6 Å². The number of likely N-dealkylation sites (tertiary alicyclic amines) is 1. The molecule has 1 saturated heterocycles. The van der Waals surface area contributed by atoms with Gasteiger partial charge in [0.15, 0.2) is 0 Å². The van der Waals surface area contributed by atoms with E-state index < -0.39 is 0 Å². The first-order valence-corrected chi connectivity index (χ1v) is 8.64. The Hall–Kier alpha value is -1.85. The highest BCUT2D eigenvalue weighted by atomic mass is 35.5. The van der Waals surface area contributed by atoms with Gasteiger partial charge in [0, 0.05) is 30.4 Å². The van der Waals surface area contributed by atoms with E-state index in [-0.39, 0.29) is 24.4 Å². The molecule has 1 unspecified atom stereocenters. The average molecular weight is 363 g/mol. The number of nitrogens with zero attached hydrogens (tertiary/aromatic N) is 3. The summed E-state index contributed by atoms with van der Waals surface area (Å²) in [5.74, 6) is 0.639. The molecule has 1 aliphatic rings. The molecule has 0 saturated carbocycles. The van der Waals surface area contributed by atoms with Crippen LogP contribution < -0.4 is 5.73 Å².